The molecule has 0 saturated carbocycles. The second-order valence-corrected chi connectivity index (χ2v) is 8.12. The van der Waals surface area contributed by atoms with Gasteiger partial charge in [0, 0.05) is 16.4 Å². The molecule has 2 aromatic rings. The summed E-state index contributed by atoms with van der Waals surface area (Å²) in [5, 5.41) is 0.670. The molecule has 6 heteroatoms. The summed E-state index contributed by atoms with van der Waals surface area (Å²) in [5.74, 6) is 0.0706. The zero-order chi connectivity index (χ0) is 14.8. The van der Waals surface area contributed by atoms with Gasteiger partial charge in [-0.1, -0.05) is 30.7 Å². The zero-order valence-corrected chi connectivity index (χ0v) is 13.4. The molecule has 1 radical (unpaired) electrons. The first-order valence-electron chi connectivity index (χ1n) is 6.05. The fourth-order valence-corrected chi connectivity index (χ4v) is 4.17. The molecule has 0 saturated heterocycles. The summed E-state index contributed by atoms with van der Waals surface area (Å²) in [6, 6.07) is 10.7. The van der Waals surface area contributed by atoms with Crippen LogP contribution in [0.3, 0.4) is 0 Å². The standard InChI is InChI=1S/C14H15ClNO2S2/c1-10(12-4-6-13(15)7-5-12)9-16-20(17,18)14-8-3-11(2)19-14/h3-8,10,16H,2,9H2,1H3. The van der Waals surface area contributed by atoms with Crippen molar-refractivity contribution < 1.29 is 8.42 Å². The zero-order valence-electron chi connectivity index (χ0n) is 11.0. The van der Waals surface area contributed by atoms with Crippen LogP contribution >= 0.6 is 22.9 Å². The van der Waals surface area contributed by atoms with Crippen LogP contribution in [0.4, 0.5) is 0 Å². The minimum absolute atomic E-state index is 0.0706. The number of hydrogen-bond donors (Lipinski definition) is 1. The summed E-state index contributed by atoms with van der Waals surface area (Å²) in [6.45, 7) is 6.03. The van der Waals surface area contributed by atoms with Crippen LogP contribution in [-0.2, 0) is 10.0 Å². The molecule has 2 rings (SSSR count). The van der Waals surface area contributed by atoms with Gasteiger partial charge >= 0.3 is 0 Å². The van der Waals surface area contributed by atoms with E-state index in [4.69, 9.17) is 11.6 Å². The quantitative estimate of drug-likeness (QED) is 0.910. The highest BCUT2D eigenvalue weighted by molar-refractivity contribution is 7.91. The molecular weight excluding hydrogens is 314 g/mol. The predicted molar refractivity (Wildman–Crippen MR) is 83.8 cm³/mol. The molecule has 1 heterocycles. The Morgan fingerprint density at radius 1 is 1.25 bits per heavy atom. The molecule has 0 fully saturated rings. The molecule has 107 valence electrons. The summed E-state index contributed by atoms with van der Waals surface area (Å²) in [6.07, 6.45) is 0. The van der Waals surface area contributed by atoms with Gasteiger partial charge in [0.15, 0.2) is 0 Å². The Bertz CT molecular complexity index is 677. The third kappa shape index (κ3) is 3.82. The van der Waals surface area contributed by atoms with E-state index in [1.807, 2.05) is 19.1 Å². The Hall–Kier alpha value is -0.880. The van der Waals surface area contributed by atoms with E-state index >= 15 is 0 Å². The lowest BCUT2D eigenvalue weighted by Gasteiger charge is -2.13. The highest BCUT2D eigenvalue weighted by Gasteiger charge is 2.17. The molecule has 0 aliphatic carbocycles. The first-order chi connectivity index (χ1) is 9.38. The van der Waals surface area contributed by atoms with E-state index in [1.54, 1.807) is 24.3 Å². The lowest BCUT2D eigenvalue weighted by Crippen LogP contribution is -2.27. The number of hydrogen-bond acceptors (Lipinski definition) is 3. The van der Waals surface area contributed by atoms with Crippen molar-refractivity contribution in [2.45, 2.75) is 17.1 Å². The van der Waals surface area contributed by atoms with Crippen molar-refractivity contribution in [1.82, 2.24) is 4.72 Å². The SMILES string of the molecule is [CH2]c1ccc(S(=O)(=O)NCC(C)c2ccc(Cl)cc2)s1. The first-order valence-corrected chi connectivity index (χ1v) is 8.73. The normalized spacial score (nSPS) is 13.3. The van der Waals surface area contributed by atoms with Gasteiger partial charge in [-0.2, -0.15) is 0 Å². The number of sulfonamides is 1. The van der Waals surface area contributed by atoms with Gasteiger partial charge in [-0.3, -0.25) is 0 Å². The van der Waals surface area contributed by atoms with Gasteiger partial charge in [0.05, 0.1) is 0 Å². The molecule has 3 nitrogen and oxygen atoms in total. The molecule has 1 N–H and O–H groups in total. The molecule has 1 atom stereocenters. The minimum Gasteiger partial charge on any atom is -0.210 e. The van der Waals surface area contributed by atoms with Crippen LogP contribution in [0, 0.1) is 6.92 Å². The van der Waals surface area contributed by atoms with E-state index in [0.29, 0.717) is 15.8 Å². The van der Waals surface area contributed by atoms with E-state index in [9.17, 15) is 8.42 Å². The number of rotatable bonds is 5. The molecule has 1 unspecified atom stereocenters. The minimum atomic E-state index is -3.45. The fraction of sp³-hybridized carbons (Fsp3) is 0.214. The first kappa shape index (κ1) is 15.5. The molecular formula is C14H15ClNO2S2. The van der Waals surface area contributed by atoms with Crippen molar-refractivity contribution in [2.24, 2.45) is 0 Å². The average molecular weight is 329 g/mol. The monoisotopic (exact) mass is 328 g/mol. The van der Waals surface area contributed by atoms with Crippen LogP contribution < -0.4 is 4.72 Å². The lowest BCUT2D eigenvalue weighted by molar-refractivity contribution is 0.577. The summed E-state index contributed by atoms with van der Waals surface area (Å²) in [7, 11) is -3.45. The van der Waals surface area contributed by atoms with E-state index in [0.717, 1.165) is 10.4 Å². The summed E-state index contributed by atoms with van der Waals surface area (Å²) in [4.78, 5) is 0.733. The molecule has 20 heavy (non-hydrogen) atoms. The second kappa shape index (κ2) is 6.26. The van der Waals surface area contributed by atoms with E-state index in [-0.39, 0.29) is 5.92 Å². The van der Waals surface area contributed by atoms with Gasteiger partial charge in [-0.05, 0) is 42.7 Å². The van der Waals surface area contributed by atoms with Gasteiger partial charge < -0.3 is 0 Å². The van der Waals surface area contributed by atoms with Gasteiger partial charge in [0.2, 0.25) is 10.0 Å². The van der Waals surface area contributed by atoms with E-state index in [1.165, 1.54) is 11.3 Å². The molecule has 1 aromatic carbocycles. The smallest absolute Gasteiger partial charge is 0.210 e. The van der Waals surface area contributed by atoms with Gasteiger partial charge in [-0.15, -0.1) is 11.3 Å². The van der Waals surface area contributed by atoms with Gasteiger partial charge in [-0.25, -0.2) is 13.1 Å². The summed E-state index contributed by atoms with van der Waals surface area (Å²) in [5.41, 5.74) is 1.04. The Labute approximate surface area is 128 Å². The van der Waals surface area contributed by atoms with Crippen LogP contribution in [0.5, 0.6) is 0 Å². The number of benzene rings is 1. The fourth-order valence-electron chi connectivity index (χ4n) is 1.72. The van der Waals surface area contributed by atoms with Crippen molar-refractivity contribution in [1.29, 1.82) is 0 Å². The maximum Gasteiger partial charge on any atom is 0.250 e. The highest BCUT2D eigenvalue weighted by atomic mass is 35.5. The lowest BCUT2D eigenvalue weighted by atomic mass is 10.0. The van der Waals surface area contributed by atoms with Crippen LogP contribution in [0.25, 0.3) is 0 Å². The molecule has 0 bridgehead atoms. The number of halogens is 1. The largest absolute Gasteiger partial charge is 0.250 e. The van der Waals surface area contributed by atoms with Crippen molar-refractivity contribution in [2.75, 3.05) is 6.54 Å². The topological polar surface area (TPSA) is 46.2 Å². The van der Waals surface area contributed by atoms with Gasteiger partial charge in [0.1, 0.15) is 4.21 Å². The van der Waals surface area contributed by atoms with E-state index in [2.05, 4.69) is 11.6 Å². The van der Waals surface area contributed by atoms with Crippen LogP contribution in [0.1, 0.15) is 23.3 Å². The summed E-state index contributed by atoms with van der Waals surface area (Å²) >= 11 is 7.00. The van der Waals surface area contributed by atoms with E-state index < -0.39 is 10.0 Å². The van der Waals surface area contributed by atoms with Crippen molar-refractivity contribution in [3.05, 3.63) is 58.8 Å². The van der Waals surface area contributed by atoms with Crippen LogP contribution in [-0.4, -0.2) is 15.0 Å². The third-order valence-corrected chi connectivity index (χ3v) is 6.03. The van der Waals surface area contributed by atoms with Gasteiger partial charge in [0.25, 0.3) is 0 Å². The highest BCUT2D eigenvalue weighted by Crippen LogP contribution is 2.22. The molecule has 0 aliphatic heterocycles. The number of nitrogens with one attached hydrogen (secondary N) is 1. The second-order valence-electron chi connectivity index (χ2n) is 4.53. The molecule has 1 aromatic heterocycles. The van der Waals surface area contributed by atoms with Crippen LogP contribution in [0.2, 0.25) is 5.02 Å². The average Bonchev–Trinajstić information content (AvgIpc) is 2.84. The Kier molecular flexibility index (Phi) is 4.86. The Morgan fingerprint density at radius 2 is 1.90 bits per heavy atom. The van der Waals surface area contributed by atoms with Crippen molar-refractivity contribution >= 4 is 33.0 Å². The molecule has 0 amide bonds. The predicted octanol–water partition coefficient (Wildman–Crippen LogP) is 3.67. The molecule has 0 spiro atoms. The summed E-state index contributed by atoms with van der Waals surface area (Å²) < 4.78 is 27.1. The van der Waals surface area contributed by atoms with Crippen molar-refractivity contribution in [3.8, 4) is 0 Å². The molecule has 0 aliphatic rings. The third-order valence-electron chi connectivity index (χ3n) is 2.92. The Morgan fingerprint density at radius 3 is 2.45 bits per heavy atom. The number of thiophene rings is 1. The van der Waals surface area contributed by atoms with Crippen molar-refractivity contribution in [3.63, 3.8) is 0 Å². The maximum atomic E-state index is 12.1. The maximum absolute atomic E-state index is 12.1. The Balaban J connectivity index is 2.03. The van der Waals surface area contributed by atoms with Crippen LogP contribution in [0.15, 0.2) is 40.6 Å².